The molecule has 80 valence electrons. The Balaban J connectivity index is 2.42. The Labute approximate surface area is 89.2 Å². The summed E-state index contributed by atoms with van der Waals surface area (Å²) in [6, 6.07) is 0. The number of rotatable bonds is 4. The molecule has 1 aliphatic rings. The number of piperidine rings is 1. The van der Waals surface area contributed by atoms with Gasteiger partial charge in [-0.05, 0) is 24.3 Å². The van der Waals surface area contributed by atoms with Crippen molar-refractivity contribution in [3.63, 3.8) is 0 Å². The monoisotopic (exact) mass is 215 g/mol. The van der Waals surface area contributed by atoms with E-state index in [4.69, 9.17) is 0 Å². The second kappa shape index (κ2) is 5.39. The first kappa shape index (κ1) is 11.6. The van der Waals surface area contributed by atoms with Crippen molar-refractivity contribution in [1.82, 2.24) is 4.90 Å². The number of hydrogen-bond donors (Lipinski definition) is 0. The lowest BCUT2D eigenvalue weighted by Gasteiger charge is -2.28. The Morgan fingerprint density at radius 1 is 1.36 bits per heavy atom. The first-order valence-corrected chi connectivity index (χ1v) is 6.36. The lowest BCUT2D eigenvalue weighted by Crippen LogP contribution is -2.43. The number of likely N-dealkylation sites (tertiary alicyclic amines) is 1. The summed E-state index contributed by atoms with van der Waals surface area (Å²) in [4.78, 5) is 24.4. The zero-order valence-electron chi connectivity index (χ0n) is 8.78. The van der Waals surface area contributed by atoms with Crippen LogP contribution < -0.4 is 0 Å². The molecule has 0 unspecified atom stereocenters. The summed E-state index contributed by atoms with van der Waals surface area (Å²) in [7, 11) is 0. The molecule has 14 heavy (non-hydrogen) atoms. The molecule has 0 bridgehead atoms. The Bertz CT molecular complexity index is 212. The van der Waals surface area contributed by atoms with Crippen LogP contribution >= 0.6 is 11.8 Å². The molecule has 1 heterocycles. The third-order valence-electron chi connectivity index (χ3n) is 2.38. The van der Waals surface area contributed by atoms with Crippen LogP contribution in [0.5, 0.6) is 0 Å². The summed E-state index contributed by atoms with van der Waals surface area (Å²) in [5, 5.41) is 0. The Morgan fingerprint density at radius 2 is 1.93 bits per heavy atom. The van der Waals surface area contributed by atoms with E-state index in [0.29, 0.717) is 19.4 Å². The van der Waals surface area contributed by atoms with Crippen molar-refractivity contribution < 1.29 is 9.59 Å². The first-order valence-electron chi connectivity index (χ1n) is 4.97. The maximum absolute atomic E-state index is 11.5. The number of amides is 2. The summed E-state index contributed by atoms with van der Waals surface area (Å²) < 4.78 is 0. The van der Waals surface area contributed by atoms with Crippen molar-refractivity contribution in [2.75, 3.05) is 18.6 Å². The van der Waals surface area contributed by atoms with Gasteiger partial charge in [-0.3, -0.25) is 14.5 Å². The highest BCUT2D eigenvalue weighted by Gasteiger charge is 2.29. The molecule has 1 fully saturated rings. The fourth-order valence-corrected chi connectivity index (χ4v) is 2.06. The summed E-state index contributed by atoms with van der Waals surface area (Å²) in [5.41, 5.74) is 0. The van der Waals surface area contributed by atoms with Gasteiger partial charge in [0.2, 0.25) is 11.8 Å². The molecule has 1 saturated heterocycles. The molecule has 4 heteroatoms. The molecule has 0 saturated carbocycles. The summed E-state index contributed by atoms with van der Waals surface area (Å²) in [6.45, 7) is 2.56. The van der Waals surface area contributed by atoms with E-state index in [1.54, 1.807) is 11.8 Å². The van der Waals surface area contributed by atoms with Gasteiger partial charge in [-0.2, -0.15) is 11.8 Å². The molecule has 0 aromatic heterocycles. The van der Waals surface area contributed by atoms with Crippen LogP contribution in [0.2, 0.25) is 0 Å². The van der Waals surface area contributed by atoms with Gasteiger partial charge in [0.1, 0.15) is 0 Å². The highest BCUT2D eigenvalue weighted by Crippen LogP contribution is 2.18. The fourth-order valence-electron chi connectivity index (χ4n) is 1.64. The smallest absolute Gasteiger partial charge is 0.229 e. The SMILES string of the molecule is CSCCCN1C(=O)CC(C)CC1=O. The van der Waals surface area contributed by atoms with Crippen LogP contribution in [0, 0.1) is 5.92 Å². The minimum absolute atomic E-state index is 0.00912. The van der Waals surface area contributed by atoms with Crippen molar-refractivity contribution in [2.45, 2.75) is 26.2 Å². The van der Waals surface area contributed by atoms with E-state index in [9.17, 15) is 9.59 Å². The van der Waals surface area contributed by atoms with E-state index >= 15 is 0 Å². The van der Waals surface area contributed by atoms with Gasteiger partial charge in [-0.15, -0.1) is 0 Å². The minimum atomic E-state index is 0.00912. The average molecular weight is 215 g/mol. The highest BCUT2D eigenvalue weighted by molar-refractivity contribution is 7.98. The molecule has 1 rings (SSSR count). The molecular weight excluding hydrogens is 198 g/mol. The van der Waals surface area contributed by atoms with E-state index in [-0.39, 0.29) is 17.7 Å². The second-order valence-electron chi connectivity index (χ2n) is 3.80. The van der Waals surface area contributed by atoms with Crippen molar-refractivity contribution in [1.29, 1.82) is 0 Å². The zero-order chi connectivity index (χ0) is 10.6. The largest absolute Gasteiger partial charge is 0.283 e. The maximum atomic E-state index is 11.5. The standard InChI is InChI=1S/C10H17NO2S/c1-8-6-9(12)11(10(13)7-8)4-3-5-14-2/h8H,3-7H2,1-2H3. The molecule has 0 aromatic rings. The Kier molecular flexibility index (Phi) is 4.45. The van der Waals surface area contributed by atoms with E-state index in [1.807, 2.05) is 13.2 Å². The van der Waals surface area contributed by atoms with Crippen LogP contribution in [0.3, 0.4) is 0 Å². The summed E-state index contributed by atoms with van der Waals surface area (Å²) >= 11 is 1.74. The minimum Gasteiger partial charge on any atom is -0.283 e. The van der Waals surface area contributed by atoms with Crippen LogP contribution in [0.15, 0.2) is 0 Å². The number of hydrogen-bond acceptors (Lipinski definition) is 3. The van der Waals surface area contributed by atoms with Crippen LogP contribution in [-0.4, -0.2) is 35.3 Å². The number of carbonyl (C=O) groups is 2. The van der Waals surface area contributed by atoms with Crippen molar-refractivity contribution in [3.05, 3.63) is 0 Å². The molecule has 1 aliphatic heterocycles. The Morgan fingerprint density at radius 3 is 2.43 bits per heavy atom. The van der Waals surface area contributed by atoms with Crippen LogP contribution in [-0.2, 0) is 9.59 Å². The molecule has 0 aliphatic carbocycles. The normalized spacial score (nSPS) is 19.1. The van der Waals surface area contributed by atoms with Crippen LogP contribution in [0.4, 0.5) is 0 Å². The van der Waals surface area contributed by atoms with E-state index in [1.165, 1.54) is 4.90 Å². The van der Waals surface area contributed by atoms with E-state index in [0.717, 1.165) is 12.2 Å². The number of imide groups is 1. The van der Waals surface area contributed by atoms with E-state index in [2.05, 4.69) is 0 Å². The lowest BCUT2D eigenvalue weighted by atomic mass is 9.98. The quantitative estimate of drug-likeness (QED) is 0.527. The van der Waals surface area contributed by atoms with Gasteiger partial charge in [0.05, 0.1) is 0 Å². The number of carbonyl (C=O) groups excluding carboxylic acids is 2. The predicted octanol–water partition coefficient (Wildman–Crippen LogP) is 1.52. The molecule has 0 atom stereocenters. The van der Waals surface area contributed by atoms with Crippen molar-refractivity contribution in [3.8, 4) is 0 Å². The van der Waals surface area contributed by atoms with Crippen LogP contribution in [0.25, 0.3) is 0 Å². The first-order chi connectivity index (χ1) is 6.65. The molecule has 0 radical (unpaired) electrons. The van der Waals surface area contributed by atoms with Gasteiger partial charge in [0.15, 0.2) is 0 Å². The second-order valence-corrected chi connectivity index (χ2v) is 4.78. The van der Waals surface area contributed by atoms with Gasteiger partial charge < -0.3 is 0 Å². The molecule has 0 N–H and O–H groups in total. The van der Waals surface area contributed by atoms with Gasteiger partial charge in [-0.25, -0.2) is 0 Å². The summed E-state index contributed by atoms with van der Waals surface area (Å²) in [6.07, 6.45) is 4.00. The maximum Gasteiger partial charge on any atom is 0.229 e. The van der Waals surface area contributed by atoms with Crippen molar-refractivity contribution in [2.24, 2.45) is 5.92 Å². The molecular formula is C10H17NO2S. The number of thioether (sulfide) groups is 1. The van der Waals surface area contributed by atoms with Gasteiger partial charge in [0.25, 0.3) is 0 Å². The average Bonchev–Trinajstić information content (AvgIpc) is 2.09. The molecule has 3 nitrogen and oxygen atoms in total. The van der Waals surface area contributed by atoms with Gasteiger partial charge in [0, 0.05) is 19.4 Å². The molecule has 0 aromatic carbocycles. The highest BCUT2D eigenvalue weighted by atomic mass is 32.2. The van der Waals surface area contributed by atoms with Gasteiger partial charge in [-0.1, -0.05) is 6.92 Å². The lowest BCUT2D eigenvalue weighted by molar-refractivity contribution is -0.149. The Hall–Kier alpha value is -0.510. The topological polar surface area (TPSA) is 37.4 Å². The van der Waals surface area contributed by atoms with E-state index < -0.39 is 0 Å². The summed E-state index contributed by atoms with van der Waals surface area (Å²) in [5.74, 6) is 1.25. The zero-order valence-corrected chi connectivity index (χ0v) is 9.60. The van der Waals surface area contributed by atoms with Crippen LogP contribution in [0.1, 0.15) is 26.2 Å². The number of nitrogens with zero attached hydrogens (tertiary/aromatic N) is 1. The molecule has 0 spiro atoms. The third kappa shape index (κ3) is 3.01. The van der Waals surface area contributed by atoms with Gasteiger partial charge >= 0.3 is 0 Å². The van der Waals surface area contributed by atoms with Crippen molar-refractivity contribution >= 4 is 23.6 Å². The molecule has 2 amide bonds. The predicted molar refractivity (Wildman–Crippen MR) is 58.1 cm³/mol. The fraction of sp³-hybridized carbons (Fsp3) is 0.800. The third-order valence-corrected chi connectivity index (χ3v) is 3.08.